The number of nitrogens with one attached hydrogen (secondary N) is 1. The van der Waals surface area contributed by atoms with E-state index in [2.05, 4.69) is 56.2 Å². The molecule has 1 saturated heterocycles. The topological polar surface area (TPSA) is 63.1 Å². The first-order valence-corrected chi connectivity index (χ1v) is 10.7. The minimum Gasteiger partial charge on any atom is -0.351 e. The zero-order valence-corrected chi connectivity index (χ0v) is 16.9. The highest BCUT2D eigenvalue weighted by Gasteiger charge is 2.28. The highest BCUT2D eigenvalue weighted by molar-refractivity contribution is 5.78. The van der Waals surface area contributed by atoms with E-state index < -0.39 is 0 Å². The van der Waals surface area contributed by atoms with E-state index in [1.165, 1.54) is 24.8 Å². The van der Waals surface area contributed by atoms with E-state index in [-0.39, 0.29) is 5.91 Å². The van der Waals surface area contributed by atoms with Gasteiger partial charge in [0.2, 0.25) is 5.91 Å². The average Bonchev–Trinajstić information content (AvgIpc) is 2.96. The molecule has 0 radical (unpaired) electrons. The Morgan fingerprint density at radius 3 is 2.82 bits per heavy atom. The monoisotopic (exact) mass is 381 g/mol. The van der Waals surface area contributed by atoms with Gasteiger partial charge in [-0.1, -0.05) is 36.2 Å². The summed E-state index contributed by atoms with van der Waals surface area (Å²) in [5.74, 6) is 2.78. The number of nitrogens with zero attached hydrogens (tertiary/aromatic N) is 4. The molecular weight excluding hydrogens is 350 g/mol. The van der Waals surface area contributed by atoms with Gasteiger partial charge in [0.15, 0.2) is 0 Å². The fourth-order valence-corrected chi connectivity index (χ4v) is 4.39. The van der Waals surface area contributed by atoms with Crippen LogP contribution in [0.15, 0.2) is 24.3 Å². The predicted molar refractivity (Wildman–Crippen MR) is 109 cm³/mol. The third-order valence-corrected chi connectivity index (χ3v) is 5.99. The van der Waals surface area contributed by atoms with Crippen LogP contribution in [-0.2, 0) is 24.3 Å². The van der Waals surface area contributed by atoms with Gasteiger partial charge in [-0.15, -0.1) is 10.2 Å². The van der Waals surface area contributed by atoms with Crippen molar-refractivity contribution in [1.29, 1.82) is 0 Å². The molecule has 2 aromatic rings. The standard InChI is InChI=1S/C22H31N5O/c1-17-8-10-18(11-9-17)14-23-21(28)16-26-12-5-6-19(15-26)22-25-24-20-7-3-2-4-13-27(20)22/h8-11,19H,2-7,12-16H2,1H3,(H,23,28). The zero-order valence-electron chi connectivity index (χ0n) is 16.9. The van der Waals surface area contributed by atoms with Gasteiger partial charge in [-0.3, -0.25) is 9.69 Å². The molecule has 1 N–H and O–H groups in total. The summed E-state index contributed by atoms with van der Waals surface area (Å²) in [6.45, 7) is 6.05. The van der Waals surface area contributed by atoms with Crippen LogP contribution in [-0.4, -0.2) is 45.2 Å². The lowest BCUT2D eigenvalue weighted by Crippen LogP contribution is -2.42. The lowest BCUT2D eigenvalue weighted by molar-refractivity contribution is -0.122. The quantitative estimate of drug-likeness (QED) is 0.865. The second kappa shape index (κ2) is 8.86. The zero-order chi connectivity index (χ0) is 19.3. The fourth-order valence-electron chi connectivity index (χ4n) is 4.39. The number of rotatable bonds is 5. The highest BCUT2D eigenvalue weighted by Crippen LogP contribution is 2.27. The molecular formula is C22H31N5O. The summed E-state index contributed by atoms with van der Waals surface area (Å²) in [5, 5.41) is 12.1. The molecule has 1 amide bonds. The Labute approximate surface area is 167 Å². The maximum atomic E-state index is 12.4. The van der Waals surface area contributed by atoms with Crippen LogP contribution >= 0.6 is 0 Å². The van der Waals surface area contributed by atoms with Crippen molar-refractivity contribution in [3.05, 3.63) is 47.0 Å². The number of piperidine rings is 1. The van der Waals surface area contributed by atoms with Crippen molar-refractivity contribution in [2.45, 2.75) is 64.5 Å². The van der Waals surface area contributed by atoms with Crippen LogP contribution in [0.1, 0.15) is 60.8 Å². The Balaban J connectivity index is 1.32. The van der Waals surface area contributed by atoms with E-state index in [0.717, 1.165) is 56.1 Å². The Morgan fingerprint density at radius 2 is 1.96 bits per heavy atom. The second-order valence-corrected chi connectivity index (χ2v) is 8.27. The van der Waals surface area contributed by atoms with Crippen molar-refractivity contribution < 1.29 is 4.79 Å². The van der Waals surface area contributed by atoms with Gasteiger partial charge < -0.3 is 9.88 Å². The number of carbonyl (C=O) groups is 1. The van der Waals surface area contributed by atoms with Crippen LogP contribution in [0.4, 0.5) is 0 Å². The van der Waals surface area contributed by atoms with Crippen LogP contribution < -0.4 is 5.32 Å². The molecule has 0 saturated carbocycles. The number of aromatic nitrogens is 3. The molecule has 2 aliphatic heterocycles. The van der Waals surface area contributed by atoms with Crippen LogP contribution in [0, 0.1) is 6.92 Å². The number of hydrogen-bond acceptors (Lipinski definition) is 4. The Hall–Kier alpha value is -2.21. The lowest BCUT2D eigenvalue weighted by atomic mass is 9.97. The normalized spacial score (nSPS) is 20.4. The van der Waals surface area contributed by atoms with Crippen LogP contribution in [0.3, 0.4) is 0 Å². The summed E-state index contributed by atoms with van der Waals surface area (Å²) < 4.78 is 2.36. The molecule has 0 aliphatic carbocycles. The highest BCUT2D eigenvalue weighted by atomic mass is 16.2. The third kappa shape index (κ3) is 4.61. The van der Waals surface area contributed by atoms with Crippen molar-refractivity contribution in [3.8, 4) is 0 Å². The van der Waals surface area contributed by atoms with E-state index >= 15 is 0 Å². The maximum Gasteiger partial charge on any atom is 0.234 e. The molecule has 1 fully saturated rings. The van der Waals surface area contributed by atoms with Crippen molar-refractivity contribution in [2.24, 2.45) is 0 Å². The van der Waals surface area contributed by atoms with Crippen molar-refractivity contribution in [1.82, 2.24) is 25.0 Å². The largest absolute Gasteiger partial charge is 0.351 e. The Morgan fingerprint density at radius 1 is 1.11 bits per heavy atom. The molecule has 1 unspecified atom stereocenters. The van der Waals surface area contributed by atoms with E-state index in [1.54, 1.807) is 0 Å². The molecule has 1 atom stereocenters. The molecule has 6 heteroatoms. The number of likely N-dealkylation sites (tertiary alicyclic amines) is 1. The van der Waals surface area contributed by atoms with Crippen LogP contribution in [0.2, 0.25) is 0 Å². The fraction of sp³-hybridized carbons (Fsp3) is 0.591. The number of hydrogen-bond donors (Lipinski definition) is 1. The van der Waals surface area contributed by atoms with E-state index in [1.807, 2.05) is 0 Å². The molecule has 2 aliphatic rings. The van der Waals surface area contributed by atoms with Gasteiger partial charge in [0, 0.05) is 32.0 Å². The van der Waals surface area contributed by atoms with E-state index in [9.17, 15) is 4.79 Å². The van der Waals surface area contributed by atoms with Gasteiger partial charge in [0.25, 0.3) is 0 Å². The maximum absolute atomic E-state index is 12.4. The summed E-state index contributed by atoms with van der Waals surface area (Å²) in [4.78, 5) is 14.7. The number of amides is 1. The molecule has 150 valence electrons. The third-order valence-electron chi connectivity index (χ3n) is 5.99. The Bertz CT molecular complexity index is 798. The van der Waals surface area contributed by atoms with Gasteiger partial charge in [-0.25, -0.2) is 0 Å². The van der Waals surface area contributed by atoms with E-state index in [0.29, 0.717) is 19.0 Å². The summed E-state index contributed by atoms with van der Waals surface area (Å²) in [7, 11) is 0. The Kier molecular flexibility index (Phi) is 6.05. The van der Waals surface area contributed by atoms with Crippen molar-refractivity contribution >= 4 is 5.91 Å². The van der Waals surface area contributed by atoms with Gasteiger partial charge in [-0.2, -0.15) is 0 Å². The number of carbonyl (C=O) groups excluding carboxylic acids is 1. The first-order valence-electron chi connectivity index (χ1n) is 10.7. The van der Waals surface area contributed by atoms with Gasteiger partial charge in [-0.05, 0) is 44.7 Å². The van der Waals surface area contributed by atoms with Crippen molar-refractivity contribution in [3.63, 3.8) is 0 Å². The van der Waals surface area contributed by atoms with Gasteiger partial charge in [0.1, 0.15) is 11.6 Å². The SMILES string of the molecule is Cc1ccc(CNC(=O)CN2CCCC(c3nnc4n3CCCCC4)C2)cc1. The summed E-state index contributed by atoms with van der Waals surface area (Å²) in [6, 6.07) is 8.31. The smallest absolute Gasteiger partial charge is 0.234 e. The summed E-state index contributed by atoms with van der Waals surface area (Å²) >= 11 is 0. The minimum atomic E-state index is 0.0984. The molecule has 4 rings (SSSR count). The lowest BCUT2D eigenvalue weighted by Gasteiger charge is -2.31. The van der Waals surface area contributed by atoms with Gasteiger partial charge in [0.05, 0.1) is 6.54 Å². The van der Waals surface area contributed by atoms with E-state index in [4.69, 9.17) is 0 Å². The molecule has 1 aromatic carbocycles. The molecule has 3 heterocycles. The number of fused-ring (bicyclic) bond motifs is 1. The molecule has 0 bridgehead atoms. The molecule has 6 nitrogen and oxygen atoms in total. The second-order valence-electron chi connectivity index (χ2n) is 8.27. The molecule has 0 spiro atoms. The average molecular weight is 382 g/mol. The predicted octanol–water partition coefficient (Wildman–Crippen LogP) is 2.81. The molecule has 1 aromatic heterocycles. The van der Waals surface area contributed by atoms with Gasteiger partial charge >= 0.3 is 0 Å². The van der Waals surface area contributed by atoms with Crippen LogP contribution in [0.5, 0.6) is 0 Å². The molecule has 28 heavy (non-hydrogen) atoms. The number of benzene rings is 1. The summed E-state index contributed by atoms with van der Waals surface area (Å²) in [6.07, 6.45) is 7.01. The van der Waals surface area contributed by atoms with Crippen molar-refractivity contribution in [2.75, 3.05) is 19.6 Å². The minimum absolute atomic E-state index is 0.0984. The first-order chi connectivity index (χ1) is 13.7. The van der Waals surface area contributed by atoms with Crippen LogP contribution in [0.25, 0.3) is 0 Å². The summed E-state index contributed by atoms with van der Waals surface area (Å²) in [5.41, 5.74) is 2.38. The first kappa shape index (κ1) is 19.1. The number of aryl methyl sites for hydroxylation is 2.